The van der Waals surface area contributed by atoms with E-state index in [-0.39, 0.29) is 0 Å². The van der Waals surface area contributed by atoms with E-state index in [4.69, 9.17) is 5.11 Å². The van der Waals surface area contributed by atoms with Crippen LogP contribution >= 0.6 is 0 Å². The van der Waals surface area contributed by atoms with Gasteiger partial charge in [-0.05, 0) is 12.8 Å². The molecule has 0 aliphatic rings. The van der Waals surface area contributed by atoms with E-state index in [9.17, 15) is 9.90 Å². The molecule has 0 rings (SSSR count). The Balaban J connectivity index is 3.91. The van der Waals surface area contributed by atoms with Gasteiger partial charge in [-0.1, -0.05) is 20.3 Å². The van der Waals surface area contributed by atoms with Gasteiger partial charge in [-0.2, -0.15) is 0 Å². The molecule has 66 valence electrons. The smallest absolute Gasteiger partial charge is 0.309 e. The summed E-state index contributed by atoms with van der Waals surface area (Å²) in [4.78, 5) is 10.5. The normalized spacial score (nSPS) is 15.9. The fourth-order valence-corrected chi connectivity index (χ4v) is 1.11. The molecule has 0 aromatic rings. The molecule has 0 amide bonds. The predicted octanol–water partition coefficient (Wildman–Crippen LogP) is 1.26. The number of aliphatic carboxylic acids is 1. The molecular weight excluding hydrogens is 144 g/mol. The van der Waals surface area contributed by atoms with Crippen molar-refractivity contribution in [2.24, 2.45) is 5.92 Å². The van der Waals surface area contributed by atoms with E-state index in [0.717, 1.165) is 6.42 Å². The number of carbonyl (C=O) groups is 1. The van der Waals surface area contributed by atoms with Gasteiger partial charge in [0.05, 0.1) is 12.0 Å². The first kappa shape index (κ1) is 10.4. The van der Waals surface area contributed by atoms with E-state index in [1.807, 2.05) is 6.92 Å². The van der Waals surface area contributed by atoms with Gasteiger partial charge in [0, 0.05) is 0 Å². The summed E-state index contributed by atoms with van der Waals surface area (Å²) in [5.74, 6) is -1.48. The van der Waals surface area contributed by atoms with Crippen LogP contribution in [-0.4, -0.2) is 22.3 Å². The molecule has 0 aromatic carbocycles. The molecule has 2 N–H and O–H groups in total. The highest BCUT2D eigenvalue weighted by atomic mass is 16.4. The lowest BCUT2D eigenvalue weighted by molar-refractivity contribution is -0.146. The van der Waals surface area contributed by atoms with Crippen LogP contribution in [0.25, 0.3) is 0 Å². The van der Waals surface area contributed by atoms with Crippen molar-refractivity contribution in [2.75, 3.05) is 0 Å². The summed E-state index contributed by atoms with van der Waals surface area (Å²) in [5, 5.41) is 17.9. The van der Waals surface area contributed by atoms with Crippen molar-refractivity contribution in [3.63, 3.8) is 0 Å². The average Bonchev–Trinajstić information content (AvgIpc) is 1.88. The highest BCUT2D eigenvalue weighted by Gasteiger charge is 2.23. The zero-order valence-electron chi connectivity index (χ0n) is 7.08. The number of aliphatic hydroxyl groups excluding tert-OH is 1. The zero-order chi connectivity index (χ0) is 8.85. The molecule has 2 atom stereocenters. The van der Waals surface area contributed by atoms with Crippen molar-refractivity contribution >= 4 is 5.97 Å². The second-order valence-electron chi connectivity index (χ2n) is 2.71. The minimum atomic E-state index is -0.895. The number of carboxylic acids is 1. The monoisotopic (exact) mass is 160 g/mol. The largest absolute Gasteiger partial charge is 0.481 e. The SMILES string of the molecule is CCC[C@H](O)[C@@H](CC)C(=O)O. The van der Waals surface area contributed by atoms with Gasteiger partial charge in [-0.3, -0.25) is 4.79 Å². The van der Waals surface area contributed by atoms with E-state index in [1.54, 1.807) is 6.92 Å². The van der Waals surface area contributed by atoms with Crippen LogP contribution in [0.1, 0.15) is 33.1 Å². The van der Waals surface area contributed by atoms with Crippen LogP contribution in [0.2, 0.25) is 0 Å². The van der Waals surface area contributed by atoms with Crippen molar-refractivity contribution in [3.05, 3.63) is 0 Å². The fraction of sp³-hybridized carbons (Fsp3) is 0.875. The molecule has 0 aromatic heterocycles. The predicted molar refractivity (Wildman–Crippen MR) is 42.3 cm³/mol. The Hall–Kier alpha value is -0.570. The molecule has 0 bridgehead atoms. The Bertz CT molecular complexity index is 123. The van der Waals surface area contributed by atoms with E-state index in [0.29, 0.717) is 12.8 Å². The van der Waals surface area contributed by atoms with Gasteiger partial charge in [-0.15, -0.1) is 0 Å². The minimum Gasteiger partial charge on any atom is -0.481 e. The number of hydrogen-bond donors (Lipinski definition) is 2. The lowest BCUT2D eigenvalue weighted by Crippen LogP contribution is -2.27. The van der Waals surface area contributed by atoms with Crippen LogP contribution in [0.3, 0.4) is 0 Å². The highest BCUT2D eigenvalue weighted by Crippen LogP contribution is 2.13. The summed E-state index contributed by atoms with van der Waals surface area (Å²) in [6.07, 6.45) is 1.22. The zero-order valence-corrected chi connectivity index (χ0v) is 7.08. The maximum Gasteiger partial charge on any atom is 0.309 e. The minimum absolute atomic E-state index is 0.497. The molecule has 0 aliphatic heterocycles. The third-order valence-electron chi connectivity index (χ3n) is 1.81. The molecule has 11 heavy (non-hydrogen) atoms. The van der Waals surface area contributed by atoms with Crippen LogP contribution < -0.4 is 0 Å². The summed E-state index contributed by atoms with van der Waals surface area (Å²) in [5.41, 5.74) is 0. The van der Waals surface area contributed by atoms with Crippen molar-refractivity contribution < 1.29 is 15.0 Å². The first-order chi connectivity index (χ1) is 5.13. The van der Waals surface area contributed by atoms with E-state index in [1.165, 1.54) is 0 Å². The lowest BCUT2D eigenvalue weighted by Gasteiger charge is -2.15. The summed E-state index contributed by atoms with van der Waals surface area (Å²) < 4.78 is 0. The van der Waals surface area contributed by atoms with Crippen molar-refractivity contribution in [2.45, 2.75) is 39.2 Å². The van der Waals surface area contributed by atoms with Gasteiger partial charge in [0.1, 0.15) is 0 Å². The molecule has 3 nitrogen and oxygen atoms in total. The Labute approximate surface area is 67.0 Å². The Morgan fingerprint density at radius 1 is 1.45 bits per heavy atom. The Morgan fingerprint density at radius 2 is 2.00 bits per heavy atom. The summed E-state index contributed by atoms with van der Waals surface area (Å²) in [7, 11) is 0. The second-order valence-corrected chi connectivity index (χ2v) is 2.71. The molecular formula is C8H16O3. The van der Waals surface area contributed by atoms with E-state index >= 15 is 0 Å². The third-order valence-corrected chi connectivity index (χ3v) is 1.81. The second kappa shape index (κ2) is 5.13. The first-order valence-corrected chi connectivity index (χ1v) is 4.04. The lowest BCUT2D eigenvalue weighted by atomic mass is 9.96. The van der Waals surface area contributed by atoms with E-state index in [2.05, 4.69) is 0 Å². The Morgan fingerprint density at radius 3 is 2.27 bits per heavy atom. The van der Waals surface area contributed by atoms with Crippen LogP contribution in [0.4, 0.5) is 0 Å². The van der Waals surface area contributed by atoms with E-state index < -0.39 is 18.0 Å². The molecule has 0 heterocycles. The van der Waals surface area contributed by atoms with Gasteiger partial charge in [-0.25, -0.2) is 0 Å². The molecule has 0 fully saturated rings. The van der Waals surface area contributed by atoms with Gasteiger partial charge >= 0.3 is 5.97 Å². The first-order valence-electron chi connectivity index (χ1n) is 4.04. The van der Waals surface area contributed by atoms with Gasteiger partial charge < -0.3 is 10.2 Å². The van der Waals surface area contributed by atoms with Crippen molar-refractivity contribution in [1.82, 2.24) is 0 Å². The standard InChI is InChI=1S/C8H16O3/c1-3-5-7(9)6(4-2)8(10)11/h6-7,9H,3-5H2,1-2H3,(H,10,11)/t6-,7+/m1/s1. The quantitative estimate of drug-likeness (QED) is 0.636. The number of aliphatic hydroxyl groups is 1. The number of rotatable bonds is 5. The molecule has 0 aliphatic carbocycles. The van der Waals surface area contributed by atoms with Crippen LogP contribution in [0.15, 0.2) is 0 Å². The third kappa shape index (κ3) is 3.37. The molecule has 0 spiro atoms. The number of hydrogen-bond acceptors (Lipinski definition) is 2. The summed E-state index contributed by atoms with van der Waals surface area (Å²) in [6.45, 7) is 3.70. The van der Waals surface area contributed by atoms with Gasteiger partial charge in [0.2, 0.25) is 0 Å². The van der Waals surface area contributed by atoms with Crippen molar-refractivity contribution in [3.8, 4) is 0 Å². The number of carboxylic acid groups (broad SMARTS) is 1. The molecule has 3 heteroatoms. The summed E-state index contributed by atoms with van der Waals surface area (Å²) in [6, 6.07) is 0. The maximum absolute atomic E-state index is 10.5. The van der Waals surface area contributed by atoms with Crippen LogP contribution in [-0.2, 0) is 4.79 Å². The average molecular weight is 160 g/mol. The highest BCUT2D eigenvalue weighted by molar-refractivity contribution is 5.70. The molecule has 0 saturated carbocycles. The fourth-order valence-electron chi connectivity index (χ4n) is 1.11. The van der Waals surface area contributed by atoms with Crippen LogP contribution in [0.5, 0.6) is 0 Å². The topological polar surface area (TPSA) is 57.5 Å². The Kier molecular flexibility index (Phi) is 4.86. The molecule has 0 unspecified atom stereocenters. The van der Waals surface area contributed by atoms with Crippen molar-refractivity contribution in [1.29, 1.82) is 0 Å². The van der Waals surface area contributed by atoms with Gasteiger partial charge in [0.25, 0.3) is 0 Å². The molecule has 0 radical (unpaired) electrons. The van der Waals surface area contributed by atoms with Gasteiger partial charge in [0.15, 0.2) is 0 Å². The van der Waals surface area contributed by atoms with Crippen LogP contribution in [0, 0.1) is 5.92 Å². The maximum atomic E-state index is 10.5. The summed E-state index contributed by atoms with van der Waals surface area (Å²) >= 11 is 0. The molecule has 0 saturated heterocycles.